The maximum absolute atomic E-state index is 13.8. The van der Waals surface area contributed by atoms with Gasteiger partial charge in [-0.3, -0.25) is 9.59 Å². The first kappa shape index (κ1) is 17.8. The number of hydrogen-bond donors (Lipinski definition) is 1. The van der Waals surface area contributed by atoms with Crippen LogP contribution in [0.3, 0.4) is 0 Å². The number of benzene rings is 1. The topological polar surface area (TPSA) is 64.0 Å². The van der Waals surface area contributed by atoms with Crippen molar-refractivity contribution in [1.29, 1.82) is 0 Å². The van der Waals surface area contributed by atoms with Gasteiger partial charge in [0.25, 0.3) is 5.56 Å². The minimum absolute atomic E-state index is 0.178. The first-order valence-corrected chi connectivity index (χ1v) is 8.07. The number of carbonyl (C=O) groups is 1. The Kier molecular flexibility index (Phi) is 6.23. The number of aromatic nitrogens is 2. The summed E-state index contributed by atoms with van der Waals surface area (Å²) in [6.45, 7) is 4.64. The first-order valence-electron chi connectivity index (χ1n) is 8.07. The Labute approximate surface area is 140 Å². The number of nitrogens with one attached hydrogen (secondary N) is 1. The van der Waals surface area contributed by atoms with Crippen molar-refractivity contribution in [2.24, 2.45) is 5.92 Å². The van der Waals surface area contributed by atoms with E-state index in [4.69, 9.17) is 0 Å². The lowest BCUT2D eigenvalue weighted by atomic mass is 10.1. The number of amides is 1. The zero-order valence-electron chi connectivity index (χ0n) is 14.0. The second-order valence-electron chi connectivity index (χ2n) is 6.08. The Bertz CT molecular complexity index is 756. The predicted molar refractivity (Wildman–Crippen MR) is 91.0 cm³/mol. The third-order valence-corrected chi connectivity index (χ3v) is 3.59. The molecular formula is C18H22FN3O2. The predicted octanol–water partition coefficient (Wildman–Crippen LogP) is 2.60. The van der Waals surface area contributed by atoms with E-state index in [1.807, 2.05) is 0 Å². The van der Waals surface area contributed by atoms with Crippen LogP contribution < -0.4 is 10.9 Å². The third-order valence-electron chi connectivity index (χ3n) is 3.59. The van der Waals surface area contributed by atoms with E-state index in [0.717, 1.165) is 17.5 Å². The molecular weight excluding hydrogens is 309 g/mol. The molecule has 6 heteroatoms. The van der Waals surface area contributed by atoms with Crippen molar-refractivity contribution in [3.05, 3.63) is 52.6 Å². The summed E-state index contributed by atoms with van der Waals surface area (Å²) in [6, 6.07) is 8.93. The van der Waals surface area contributed by atoms with Crippen molar-refractivity contribution in [3.63, 3.8) is 0 Å². The van der Waals surface area contributed by atoms with Gasteiger partial charge in [0.1, 0.15) is 12.4 Å². The third kappa shape index (κ3) is 5.01. The van der Waals surface area contributed by atoms with E-state index in [2.05, 4.69) is 24.3 Å². The van der Waals surface area contributed by atoms with Crippen LogP contribution in [0.2, 0.25) is 0 Å². The van der Waals surface area contributed by atoms with Crippen LogP contribution in [0, 0.1) is 11.7 Å². The minimum Gasteiger partial charge on any atom is -0.354 e. The van der Waals surface area contributed by atoms with Gasteiger partial charge in [0, 0.05) is 18.2 Å². The molecule has 1 aromatic carbocycles. The van der Waals surface area contributed by atoms with Gasteiger partial charge in [-0.2, -0.15) is 5.10 Å². The highest BCUT2D eigenvalue weighted by atomic mass is 19.1. The number of hydrogen-bond acceptors (Lipinski definition) is 3. The summed E-state index contributed by atoms with van der Waals surface area (Å²) in [4.78, 5) is 23.8. The van der Waals surface area contributed by atoms with Crippen LogP contribution in [0.1, 0.15) is 26.7 Å². The summed E-state index contributed by atoms with van der Waals surface area (Å²) in [7, 11) is 0. The van der Waals surface area contributed by atoms with Crippen LogP contribution >= 0.6 is 0 Å². The fourth-order valence-corrected chi connectivity index (χ4v) is 2.30. The lowest BCUT2D eigenvalue weighted by Gasteiger charge is -2.09. The Balaban J connectivity index is 2.05. The molecule has 24 heavy (non-hydrogen) atoms. The molecule has 2 aromatic rings. The van der Waals surface area contributed by atoms with Crippen LogP contribution in [0.4, 0.5) is 4.39 Å². The average molecular weight is 331 g/mol. The summed E-state index contributed by atoms with van der Waals surface area (Å²) >= 11 is 0. The quantitative estimate of drug-likeness (QED) is 0.793. The number of nitrogens with zero attached hydrogens (tertiary/aromatic N) is 2. The highest BCUT2D eigenvalue weighted by molar-refractivity contribution is 5.75. The molecule has 0 aliphatic rings. The second kappa shape index (κ2) is 8.38. The standard InChI is InChI=1S/C18H22FN3O2/c1-13(2)6-5-11-20-17(23)12-22-18(24)10-9-16(21-22)14-7-3-4-8-15(14)19/h3-4,7-10,13H,5-6,11-12H2,1-2H3,(H,20,23). The molecule has 0 saturated heterocycles. The molecule has 1 N–H and O–H groups in total. The lowest BCUT2D eigenvalue weighted by Crippen LogP contribution is -2.34. The van der Waals surface area contributed by atoms with Crippen LogP contribution in [-0.2, 0) is 11.3 Å². The van der Waals surface area contributed by atoms with Gasteiger partial charge < -0.3 is 5.32 Å². The molecule has 128 valence electrons. The van der Waals surface area contributed by atoms with Gasteiger partial charge in [-0.25, -0.2) is 9.07 Å². The summed E-state index contributed by atoms with van der Waals surface area (Å²) in [5.74, 6) is -0.115. The highest BCUT2D eigenvalue weighted by Gasteiger charge is 2.10. The van der Waals surface area contributed by atoms with E-state index in [1.165, 1.54) is 18.2 Å². The average Bonchev–Trinajstić information content (AvgIpc) is 2.54. The van der Waals surface area contributed by atoms with Crippen LogP contribution in [0.5, 0.6) is 0 Å². The van der Waals surface area contributed by atoms with Crippen molar-refractivity contribution < 1.29 is 9.18 Å². The zero-order valence-corrected chi connectivity index (χ0v) is 14.0. The molecule has 0 aliphatic carbocycles. The fourth-order valence-electron chi connectivity index (χ4n) is 2.30. The minimum atomic E-state index is -0.423. The SMILES string of the molecule is CC(C)CCCNC(=O)Cn1nc(-c2ccccc2F)ccc1=O. The smallest absolute Gasteiger partial charge is 0.267 e. The molecule has 0 unspecified atom stereocenters. The van der Waals surface area contributed by atoms with E-state index < -0.39 is 11.4 Å². The highest BCUT2D eigenvalue weighted by Crippen LogP contribution is 2.18. The molecule has 0 fully saturated rings. The Morgan fingerprint density at radius 3 is 2.71 bits per heavy atom. The van der Waals surface area contributed by atoms with Gasteiger partial charge in [-0.05, 0) is 37.0 Å². The molecule has 0 radical (unpaired) electrons. The van der Waals surface area contributed by atoms with Crippen molar-refractivity contribution in [2.75, 3.05) is 6.54 Å². The summed E-state index contributed by atoms with van der Waals surface area (Å²) < 4.78 is 14.9. The van der Waals surface area contributed by atoms with Gasteiger partial charge in [0.15, 0.2) is 0 Å². The van der Waals surface area contributed by atoms with Gasteiger partial charge >= 0.3 is 0 Å². The van der Waals surface area contributed by atoms with Crippen molar-refractivity contribution >= 4 is 5.91 Å². The molecule has 1 amide bonds. The Morgan fingerprint density at radius 2 is 2.00 bits per heavy atom. The molecule has 0 bridgehead atoms. The van der Waals surface area contributed by atoms with Crippen molar-refractivity contribution in [2.45, 2.75) is 33.2 Å². The monoisotopic (exact) mass is 331 g/mol. The van der Waals surface area contributed by atoms with Gasteiger partial charge in [0.2, 0.25) is 5.91 Å². The van der Waals surface area contributed by atoms with Gasteiger partial charge in [-0.15, -0.1) is 0 Å². The summed E-state index contributed by atoms with van der Waals surface area (Å²) in [6.07, 6.45) is 1.92. The van der Waals surface area contributed by atoms with Crippen LogP contribution in [0.15, 0.2) is 41.2 Å². The van der Waals surface area contributed by atoms with Gasteiger partial charge in [0.05, 0.1) is 5.69 Å². The fraction of sp³-hybridized carbons (Fsp3) is 0.389. The molecule has 0 spiro atoms. The molecule has 2 rings (SSSR count). The van der Waals surface area contributed by atoms with E-state index in [9.17, 15) is 14.0 Å². The molecule has 1 heterocycles. The normalized spacial score (nSPS) is 10.8. The Morgan fingerprint density at radius 1 is 1.25 bits per heavy atom. The molecule has 0 aliphatic heterocycles. The van der Waals surface area contributed by atoms with E-state index >= 15 is 0 Å². The second-order valence-corrected chi connectivity index (χ2v) is 6.08. The van der Waals surface area contributed by atoms with Crippen molar-refractivity contribution in [1.82, 2.24) is 15.1 Å². The molecule has 5 nitrogen and oxygen atoms in total. The van der Waals surface area contributed by atoms with E-state index in [0.29, 0.717) is 23.7 Å². The lowest BCUT2D eigenvalue weighted by molar-refractivity contribution is -0.121. The van der Waals surface area contributed by atoms with Crippen molar-refractivity contribution in [3.8, 4) is 11.3 Å². The van der Waals surface area contributed by atoms with E-state index in [1.54, 1.807) is 18.2 Å². The van der Waals surface area contributed by atoms with Gasteiger partial charge in [-0.1, -0.05) is 26.0 Å². The van der Waals surface area contributed by atoms with Crippen LogP contribution in [-0.4, -0.2) is 22.2 Å². The largest absolute Gasteiger partial charge is 0.354 e. The zero-order chi connectivity index (χ0) is 17.5. The summed E-state index contributed by atoms with van der Waals surface area (Å²) in [5, 5.41) is 6.87. The molecule has 0 atom stereocenters. The first-order chi connectivity index (χ1) is 11.5. The van der Waals surface area contributed by atoms with E-state index in [-0.39, 0.29) is 12.5 Å². The molecule has 1 aromatic heterocycles. The summed E-state index contributed by atoms with van der Waals surface area (Å²) in [5.41, 5.74) is 0.219. The van der Waals surface area contributed by atoms with Crippen LogP contribution in [0.25, 0.3) is 11.3 Å². The number of carbonyl (C=O) groups excluding carboxylic acids is 1. The molecule has 0 saturated carbocycles. The maximum atomic E-state index is 13.8. The maximum Gasteiger partial charge on any atom is 0.267 e. The number of halogens is 1. The number of rotatable bonds is 7. The Hall–Kier alpha value is -2.50.